The van der Waals surface area contributed by atoms with E-state index >= 15 is 0 Å². The lowest BCUT2D eigenvalue weighted by Crippen LogP contribution is -2.29. The Morgan fingerprint density at radius 1 is 1.06 bits per heavy atom. The summed E-state index contributed by atoms with van der Waals surface area (Å²) in [5.74, 6) is 0.325. The second-order valence-corrected chi connectivity index (χ2v) is 5.39. The molecule has 1 unspecified atom stereocenters. The van der Waals surface area contributed by atoms with E-state index in [4.69, 9.17) is 23.2 Å². The number of fused-ring (bicyclic) bond motifs is 1. The van der Waals surface area contributed by atoms with Gasteiger partial charge in [-0.1, -0.05) is 53.5 Å². The number of nitrogens with one attached hydrogen (secondary N) is 1. The molecule has 2 aromatic carbocycles. The van der Waals surface area contributed by atoms with Gasteiger partial charge >= 0.3 is 0 Å². The van der Waals surface area contributed by atoms with Crippen molar-refractivity contribution in [3.8, 4) is 0 Å². The predicted molar refractivity (Wildman–Crippen MR) is 76.5 cm³/mol. The molecule has 1 aliphatic rings. The lowest BCUT2D eigenvalue weighted by atomic mass is 9.85. The molecule has 1 nitrogen and oxygen atoms in total. The van der Waals surface area contributed by atoms with Gasteiger partial charge in [0.2, 0.25) is 0 Å². The fraction of sp³-hybridized carbons (Fsp3) is 0.200. The highest BCUT2D eigenvalue weighted by Gasteiger charge is 2.23. The SMILES string of the molecule is Clc1cc(Cl)c2c(c1)C(c1ccccc1)CNC2. The van der Waals surface area contributed by atoms with E-state index in [-0.39, 0.29) is 0 Å². The van der Waals surface area contributed by atoms with E-state index in [1.807, 2.05) is 18.2 Å². The molecule has 0 aliphatic carbocycles. The molecule has 1 aliphatic heterocycles. The molecule has 1 atom stereocenters. The number of rotatable bonds is 1. The van der Waals surface area contributed by atoms with Crippen molar-refractivity contribution in [2.45, 2.75) is 12.5 Å². The first-order valence-electron chi connectivity index (χ1n) is 5.99. The maximum absolute atomic E-state index is 6.28. The Balaban J connectivity index is 2.12. The van der Waals surface area contributed by atoms with Gasteiger partial charge in [0, 0.05) is 29.1 Å². The molecular weight excluding hydrogens is 265 g/mol. The smallest absolute Gasteiger partial charge is 0.0468 e. The number of benzene rings is 2. The van der Waals surface area contributed by atoms with E-state index in [0.29, 0.717) is 10.9 Å². The van der Waals surface area contributed by atoms with Crippen molar-refractivity contribution >= 4 is 23.2 Å². The third kappa shape index (κ3) is 2.14. The highest BCUT2D eigenvalue weighted by molar-refractivity contribution is 6.35. The zero-order valence-corrected chi connectivity index (χ0v) is 11.3. The highest BCUT2D eigenvalue weighted by atomic mass is 35.5. The molecule has 0 fully saturated rings. The van der Waals surface area contributed by atoms with E-state index in [2.05, 4.69) is 29.6 Å². The van der Waals surface area contributed by atoms with E-state index < -0.39 is 0 Å². The Hall–Kier alpha value is -1.02. The van der Waals surface area contributed by atoms with Gasteiger partial charge in [-0.2, -0.15) is 0 Å². The molecule has 0 saturated carbocycles. The number of hydrogen-bond acceptors (Lipinski definition) is 1. The number of hydrogen-bond donors (Lipinski definition) is 1. The highest BCUT2D eigenvalue weighted by Crippen LogP contribution is 2.35. The molecule has 3 heteroatoms. The monoisotopic (exact) mass is 277 g/mol. The van der Waals surface area contributed by atoms with E-state index in [1.165, 1.54) is 16.7 Å². The van der Waals surface area contributed by atoms with Crippen LogP contribution >= 0.6 is 23.2 Å². The second kappa shape index (κ2) is 4.93. The molecule has 3 rings (SSSR count). The van der Waals surface area contributed by atoms with Crippen molar-refractivity contribution in [1.29, 1.82) is 0 Å². The third-order valence-electron chi connectivity index (χ3n) is 3.42. The van der Waals surface area contributed by atoms with Crippen molar-refractivity contribution in [3.63, 3.8) is 0 Å². The standard InChI is InChI=1S/C15H13Cl2N/c16-11-6-12-13(10-4-2-1-3-5-10)8-18-9-14(12)15(17)7-11/h1-7,13,18H,8-9H2. The lowest BCUT2D eigenvalue weighted by molar-refractivity contribution is 0.591. The Labute approximate surface area is 117 Å². The molecule has 2 aromatic rings. The normalized spacial score (nSPS) is 18.4. The Bertz CT molecular complexity index is 566. The maximum Gasteiger partial charge on any atom is 0.0468 e. The van der Waals surface area contributed by atoms with E-state index in [0.717, 1.165) is 18.1 Å². The maximum atomic E-state index is 6.28. The summed E-state index contributed by atoms with van der Waals surface area (Å²) in [6, 6.07) is 14.3. The summed E-state index contributed by atoms with van der Waals surface area (Å²) in [6.07, 6.45) is 0. The molecule has 0 bridgehead atoms. The van der Waals surface area contributed by atoms with Gasteiger partial charge in [-0.15, -0.1) is 0 Å². The Morgan fingerprint density at radius 3 is 2.61 bits per heavy atom. The molecular formula is C15H13Cl2N. The first kappa shape index (κ1) is 12.0. The zero-order chi connectivity index (χ0) is 12.5. The summed E-state index contributed by atoms with van der Waals surface area (Å²) in [6.45, 7) is 1.74. The van der Waals surface area contributed by atoms with Crippen molar-refractivity contribution < 1.29 is 0 Å². The molecule has 0 spiro atoms. The summed E-state index contributed by atoms with van der Waals surface area (Å²) in [5.41, 5.74) is 3.71. The van der Waals surface area contributed by atoms with Crippen LogP contribution in [-0.2, 0) is 6.54 Å². The van der Waals surface area contributed by atoms with E-state index in [9.17, 15) is 0 Å². The van der Waals surface area contributed by atoms with E-state index in [1.54, 1.807) is 0 Å². The van der Waals surface area contributed by atoms with Gasteiger partial charge in [0.05, 0.1) is 0 Å². The third-order valence-corrected chi connectivity index (χ3v) is 3.98. The van der Waals surface area contributed by atoms with Crippen molar-refractivity contribution in [1.82, 2.24) is 5.32 Å². The first-order valence-corrected chi connectivity index (χ1v) is 6.75. The van der Waals surface area contributed by atoms with Crippen molar-refractivity contribution in [3.05, 3.63) is 69.2 Å². The molecule has 1 heterocycles. The molecule has 0 amide bonds. The predicted octanol–water partition coefficient (Wildman–Crippen LogP) is 4.23. The minimum atomic E-state index is 0.325. The van der Waals surface area contributed by atoms with Gasteiger partial charge in [-0.25, -0.2) is 0 Å². The van der Waals surface area contributed by atoms with Crippen LogP contribution in [0.3, 0.4) is 0 Å². The van der Waals surface area contributed by atoms with Crippen LogP contribution in [0.1, 0.15) is 22.6 Å². The fourth-order valence-electron chi connectivity index (χ4n) is 2.56. The number of halogens is 2. The summed E-state index contributed by atoms with van der Waals surface area (Å²) in [7, 11) is 0. The average molecular weight is 278 g/mol. The summed E-state index contributed by atoms with van der Waals surface area (Å²) < 4.78 is 0. The topological polar surface area (TPSA) is 12.0 Å². The minimum absolute atomic E-state index is 0.325. The Kier molecular flexibility index (Phi) is 3.29. The molecule has 0 radical (unpaired) electrons. The summed E-state index contributed by atoms with van der Waals surface area (Å²) >= 11 is 12.4. The molecule has 0 aromatic heterocycles. The average Bonchev–Trinajstić information content (AvgIpc) is 2.39. The van der Waals surface area contributed by atoms with Crippen LogP contribution < -0.4 is 5.32 Å². The van der Waals surface area contributed by atoms with Crippen LogP contribution in [0.15, 0.2) is 42.5 Å². The largest absolute Gasteiger partial charge is 0.312 e. The molecule has 92 valence electrons. The molecule has 1 N–H and O–H groups in total. The van der Waals surface area contributed by atoms with Crippen LogP contribution in [0.2, 0.25) is 10.0 Å². The van der Waals surface area contributed by atoms with Crippen molar-refractivity contribution in [2.24, 2.45) is 0 Å². The van der Waals surface area contributed by atoms with Crippen LogP contribution in [0.4, 0.5) is 0 Å². The van der Waals surface area contributed by atoms with Gasteiger partial charge in [0.15, 0.2) is 0 Å². The molecule has 18 heavy (non-hydrogen) atoms. The quantitative estimate of drug-likeness (QED) is 0.823. The summed E-state index contributed by atoms with van der Waals surface area (Å²) in [5, 5.41) is 4.89. The Morgan fingerprint density at radius 2 is 1.83 bits per heavy atom. The van der Waals surface area contributed by atoms with Gasteiger partial charge in [-0.05, 0) is 28.8 Å². The summed E-state index contributed by atoms with van der Waals surface area (Å²) in [4.78, 5) is 0. The first-order chi connectivity index (χ1) is 8.75. The second-order valence-electron chi connectivity index (χ2n) is 4.55. The van der Waals surface area contributed by atoms with Crippen molar-refractivity contribution in [2.75, 3.05) is 6.54 Å². The molecule has 0 saturated heterocycles. The van der Waals surface area contributed by atoms with Crippen LogP contribution in [-0.4, -0.2) is 6.54 Å². The minimum Gasteiger partial charge on any atom is -0.312 e. The van der Waals surface area contributed by atoms with Gasteiger partial charge in [0.1, 0.15) is 0 Å². The van der Waals surface area contributed by atoms with Gasteiger partial charge in [0.25, 0.3) is 0 Å². The van der Waals surface area contributed by atoms with Gasteiger partial charge < -0.3 is 5.32 Å². The van der Waals surface area contributed by atoms with Crippen LogP contribution in [0, 0.1) is 0 Å². The fourth-order valence-corrected chi connectivity index (χ4v) is 3.13. The lowest BCUT2D eigenvalue weighted by Gasteiger charge is -2.27. The van der Waals surface area contributed by atoms with Crippen LogP contribution in [0.5, 0.6) is 0 Å². The van der Waals surface area contributed by atoms with Gasteiger partial charge in [-0.3, -0.25) is 0 Å². The van der Waals surface area contributed by atoms with Crippen LogP contribution in [0.25, 0.3) is 0 Å². The zero-order valence-electron chi connectivity index (χ0n) is 9.79.